The van der Waals surface area contributed by atoms with Crippen LogP contribution in [0.5, 0.6) is 11.6 Å². The van der Waals surface area contributed by atoms with Gasteiger partial charge in [-0.2, -0.15) is 0 Å². The number of rotatable bonds is 6. The van der Waals surface area contributed by atoms with Gasteiger partial charge in [0.2, 0.25) is 5.88 Å². The van der Waals surface area contributed by atoms with Crippen molar-refractivity contribution >= 4 is 5.69 Å². The number of nitrogens with zero attached hydrogens (tertiary/aromatic N) is 2. The summed E-state index contributed by atoms with van der Waals surface area (Å²) in [6.07, 6.45) is 0. The first kappa shape index (κ1) is 14.8. The predicted octanol–water partition coefficient (Wildman–Crippen LogP) is 3.06. The first-order valence-corrected chi connectivity index (χ1v) is 6.50. The SMILES string of the molecule is Cc1cc(C)nc(OCCOc2ccc([N+](=O)[O-])cc2)c1. The number of aryl methyl sites for hydroxylation is 2. The van der Waals surface area contributed by atoms with E-state index in [1.54, 1.807) is 12.1 Å². The van der Waals surface area contributed by atoms with Crippen molar-refractivity contribution < 1.29 is 14.4 Å². The molecule has 110 valence electrons. The van der Waals surface area contributed by atoms with Crippen molar-refractivity contribution in [2.75, 3.05) is 13.2 Å². The molecule has 6 nitrogen and oxygen atoms in total. The minimum Gasteiger partial charge on any atom is -0.490 e. The number of aromatic nitrogens is 1. The lowest BCUT2D eigenvalue weighted by Gasteiger charge is -2.08. The summed E-state index contributed by atoms with van der Waals surface area (Å²) in [5.74, 6) is 1.14. The standard InChI is InChI=1S/C15H16N2O4/c1-11-9-12(2)16-15(10-11)21-8-7-20-14-5-3-13(4-6-14)17(18)19/h3-6,9-10H,7-8H2,1-2H3. The molecule has 0 bridgehead atoms. The number of nitro groups is 1. The molecule has 0 saturated heterocycles. The van der Waals surface area contributed by atoms with Crippen LogP contribution in [0.3, 0.4) is 0 Å². The molecule has 6 heteroatoms. The fourth-order valence-electron chi connectivity index (χ4n) is 1.85. The maximum Gasteiger partial charge on any atom is 0.269 e. The van der Waals surface area contributed by atoms with Crippen LogP contribution < -0.4 is 9.47 Å². The first-order valence-electron chi connectivity index (χ1n) is 6.50. The van der Waals surface area contributed by atoms with Crippen molar-refractivity contribution in [1.29, 1.82) is 0 Å². The molecule has 0 aliphatic rings. The molecule has 2 rings (SSSR count). The molecule has 0 unspecified atom stereocenters. The van der Waals surface area contributed by atoms with Crippen molar-refractivity contribution in [3.63, 3.8) is 0 Å². The number of hydrogen-bond donors (Lipinski definition) is 0. The average Bonchev–Trinajstić information content (AvgIpc) is 2.43. The maximum atomic E-state index is 10.5. The molecule has 0 amide bonds. The van der Waals surface area contributed by atoms with Crippen molar-refractivity contribution in [1.82, 2.24) is 4.98 Å². The van der Waals surface area contributed by atoms with E-state index in [-0.39, 0.29) is 5.69 Å². The molecule has 0 fully saturated rings. The molecule has 1 aromatic carbocycles. The van der Waals surface area contributed by atoms with E-state index in [0.717, 1.165) is 11.3 Å². The van der Waals surface area contributed by atoms with E-state index in [2.05, 4.69) is 4.98 Å². The van der Waals surface area contributed by atoms with Crippen molar-refractivity contribution in [3.05, 3.63) is 57.8 Å². The number of pyridine rings is 1. The highest BCUT2D eigenvalue weighted by molar-refractivity contribution is 5.35. The summed E-state index contributed by atoms with van der Waals surface area (Å²) in [6.45, 7) is 4.58. The molecule has 0 saturated carbocycles. The van der Waals surface area contributed by atoms with Crippen LogP contribution in [-0.2, 0) is 0 Å². The Hall–Kier alpha value is -2.63. The van der Waals surface area contributed by atoms with Gasteiger partial charge in [0.25, 0.3) is 5.69 Å². The highest BCUT2D eigenvalue weighted by Crippen LogP contribution is 2.17. The number of nitro benzene ring substituents is 1. The molecule has 0 spiro atoms. The molecule has 0 aliphatic carbocycles. The van der Waals surface area contributed by atoms with Crippen LogP contribution in [-0.4, -0.2) is 23.1 Å². The minimum absolute atomic E-state index is 0.0398. The molecule has 0 aliphatic heterocycles. The minimum atomic E-state index is -0.446. The third kappa shape index (κ3) is 4.45. The largest absolute Gasteiger partial charge is 0.490 e. The van der Waals surface area contributed by atoms with Crippen LogP contribution in [0.15, 0.2) is 36.4 Å². The van der Waals surface area contributed by atoms with Gasteiger partial charge in [0.15, 0.2) is 0 Å². The van der Waals surface area contributed by atoms with E-state index < -0.39 is 4.92 Å². The van der Waals surface area contributed by atoms with Crippen molar-refractivity contribution in [2.45, 2.75) is 13.8 Å². The average molecular weight is 288 g/mol. The Morgan fingerprint density at radius 2 is 1.76 bits per heavy atom. The van der Waals surface area contributed by atoms with Gasteiger partial charge >= 0.3 is 0 Å². The van der Waals surface area contributed by atoms with Crippen LogP contribution in [0.2, 0.25) is 0 Å². The van der Waals surface area contributed by atoms with Gasteiger partial charge in [0.05, 0.1) is 4.92 Å². The number of hydrogen-bond acceptors (Lipinski definition) is 5. The summed E-state index contributed by atoms with van der Waals surface area (Å²) in [4.78, 5) is 14.3. The fourth-order valence-corrected chi connectivity index (χ4v) is 1.85. The smallest absolute Gasteiger partial charge is 0.269 e. The number of benzene rings is 1. The van der Waals surface area contributed by atoms with Crippen molar-refractivity contribution in [2.24, 2.45) is 0 Å². The van der Waals surface area contributed by atoms with Crippen molar-refractivity contribution in [3.8, 4) is 11.6 Å². The maximum absolute atomic E-state index is 10.5. The lowest BCUT2D eigenvalue weighted by Crippen LogP contribution is -2.10. The normalized spacial score (nSPS) is 10.2. The molecular formula is C15H16N2O4. The molecule has 0 radical (unpaired) electrons. The summed E-state index contributed by atoms with van der Waals surface area (Å²) in [6, 6.07) is 9.77. The van der Waals surface area contributed by atoms with E-state index in [1.165, 1.54) is 12.1 Å². The zero-order chi connectivity index (χ0) is 15.2. The molecule has 21 heavy (non-hydrogen) atoms. The molecule has 0 N–H and O–H groups in total. The molecule has 0 atom stereocenters. The Kier molecular flexibility index (Phi) is 4.71. The molecule has 1 heterocycles. The van der Waals surface area contributed by atoms with Crippen LogP contribution in [0, 0.1) is 24.0 Å². The van der Waals surface area contributed by atoms with Gasteiger partial charge in [0.1, 0.15) is 19.0 Å². The zero-order valence-corrected chi connectivity index (χ0v) is 11.9. The fraction of sp³-hybridized carbons (Fsp3) is 0.267. The molecular weight excluding hydrogens is 272 g/mol. The Morgan fingerprint density at radius 3 is 2.38 bits per heavy atom. The van der Waals surface area contributed by atoms with Gasteiger partial charge in [-0.3, -0.25) is 10.1 Å². The van der Waals surface area contributed by atoms with Crippen LogP contribution in [0.25, 0.3) is 0 Å². The summed E-state index contributed by atoms with van der Waals surface area (Å²) < 4.78 is 11.0. The summed E-state index contributed by atoms with van der Waals surface area (Å²) >= 11 is 0. The second-order valence-corrected chi connectivity index (χ2v) is 4.57. The second-order valence-electron chi connectivity index (χ2n) is 4.57. The quantitative estimate of drug-likeness (QED) is 0.464. The monoisotopic (exact) mass is 288 g/mol. The highest BCUT2D eigenvalue weighted by Gasteiger charge is 2.04. The first-order chi connectivity index (χ1) is 10.0. The predicted molar refractivity (Wildman–Crippen MR) is 77.8 cm³/mol. The Morgan fingerprint density at radius 1 is 1.10 bits per heavy atom. The van der Waals surface area contributed by atoms with E-state index >= 15 is 0 Å². The lowest BCUT2D eigenvalue weighted by atomic mass is 10.2. The van der Waals surface area contributed by atoms with Gasteiger partial charge in [-0.15, -0.1) is 0 Å². The van der Waals surface area contributed by atoms with Gasteiger partial charge in [-0.25, -0.2) is 4.98 Å². The van der Waals surface area contributed by atoms with E-state index in [4.69, 9.17) is 9.47 Å². The third-order valence-corrected chi connectivity index (χ3v) is 2.72. The topological polar surface area (TPSA) is 74.5 Å². The highest BCUT2D eigenvalue weighted by atomic mass is 16.6. The Balaban J connectivity index is 1.80. The van der Waals surface area contributed by atoms with E-state index in [1.807, 2.05) is 26.0 Å². The lowest BCUT2D eigenvalue weighted by molar-refractivity contribution is -0.384. The van der Waals surface area contributed by atoms with Gasteiger partial charge < -0.3 is 9.47 Å². The Bertz CT molecular complexity index is 606. The van der Waals surface area contributed by atoms with Gasteiger partial charge in [-0.05, 0) is 37.6 Å². The van der Waals surface area contributed by atoms with Crippen LogP contribution >= 0.6 is 0 Å². The zero-order valence-electron chi connectivity index (χ0n) is 11.9. The van der Waals surface area contributed by atoms with Crippen LogP contribution in [0.4, 0.5) is 5.69 Å². The molecule has 2 aromatic rings. The molecule has 1 aromatic heterocycles. The van der Waals surface area contributed by atoms with Crippen LogP contribution in [0.1, 0.15) is 11.3 Å². The Labute approximate surface area is 122 Å². The van der Waals surface area contributed by atoms with E-state index in [0.29, 0.717) is 24.8 Å². The number of ether oxygens (including phenoxy) is 2. The van der Waals surface area contributed by atoms with Gasteiger partial charge in [0, 0.05) is 23.9 Å². The third-order valence-electron chi connectivity index (χ3n) is 2.72. The number of non-ortho nitro benzene ring substituents is 1. The summed E-state index contributed by atoms with van der Waals surface area (Å²) in [5.41, 5.74) is 2.04. The summed E-state index contributed by atoms with van der Waals surface area (Å²) in [5, 5.41) is 10.5. The second kappa shape index (κ2) is 6.69. The summed E-state index contributed by atoms with van der Waals surface area (Å²) in [7, 11) is 0. The van der Waals surface area contributed by atoms with E-state index in [9.17, 15) is 10.1 Å². The van der Waals surface area contributed by atoms with Gasteiger partial charge in [-0.1, -0.05) is 0 Å².